The van der Waals surface area contributed by atoms with E-state index in [0.717, 1.165) is 21.9 Å². The third kappa shape index (κ3) is 4.85. The zero-order chi connectivity index (χ0) is 19.3. The molecule has 0 aromatic heterocycles. The van der Waals surface area contributed by atoms with Gasteiger partial charge in [-0.3, -0.25) is 9.10 Å². The number of carbonyl (C=O) groups is 1. The van der Waals surface area contributed by atoms with E-state index in [9.17, 15) is 13.2 Å². The Morgan fingerprint density at radius 1 is 1.00 bits per heavy atom. The summed E-state index contributed by atoms with van der Waals surface area (Å²) in [5.41, 5.74) is 2.46. The first-order valence-electron chi connectivity index (χ1n) is 8.69. The van der Waals surface area contributed by atoms with Crippen LogP contribution in [0.4, 0.5) is 5.69 Å². The standard InChI is InChI=1S/C20H26N2O3S/c1-5-17(4)21-20(23)14-22(18-10-6-15(2)7-11-18)26(24,25)19-12-8-16(3)9-13-19/h6-13,17H,5,14H2,1-4H3,(H,21,23)/t17-/m1/s1. The van der Waals surface area contributed by atoms with Gasteiger partial charge in [0.2, 0.25) is 5.91 Å². The summed E-state index contributed by atoms with van der Waals surface area (Å²) in [6, 6.07) is 13.7. The molecule has 0 unspecified atom stereocenters. The van der Waals surface area contributed by atoms with Crippen molar-refractivity contribution < 1.29 is 13.2 Å². The summed E-state index contributed by atoms with van der Waals surface area (Å²) >= 11 is 0. The first-order chi connectivity index (χ1) is 12.2. The molecule has 0 heterocycles. The van der Waals surface area contributed by atoms with Crippen LogP contribution in [0.2, 0.25) is 0 Å². The van der Waals surface area contributed by atoms with Crippen LogP contribution in [0.25, 0.3) is 0 Å². The minimum atomic E-state index is -3.85. The molecule has 6 heteroatoms. The maximum Gasteiger partial charge on any atom is 0.264 e. The fourth-order valence-corrected chi connectivity index (χ4v) is 3.84. The lowest BCUT2D eigenvalue weighted by molar-refractivity contribution is -0.120. The van der Waals surface area contributed by atoms with Gasteiger partial charge in [0.15, 0.2) is 0 Å². The van der Waals surface area contributed by atoms with Crippen LogP contribution in [0.1, 0.15) is 31.4 Å². The molecule has 26 heavy (non-hydrogen) atoms. The second-order valence-electron chi connectivity index (χ2n) is 6.54. The summed E-state index contributed by atoms with van der Waals surface area (Å²) in [6.45, 7) is 7.42. The summed E-state index contributed by atoms with van der Waals surface area (Å²) in [5, 5.41) is 2.83. The average Bonchev–Trinajstić information content (AvgIpc) is 2.60. The normalized spacial score (nSPS) is 12.5. The van der Waals surface area contributed by atoms with Gasteiger partial charge in [0.1, 0.15) is 6.54 Å². The predicted octanol–water partition coefficient (Wildman–Crippen LogP) is 3.41. The zero-order valence-electron chi connectivity index (χ0n) is 15.7. The molecular weight excluding hydrogens is 348 g/mol. The van der Waals surface area contributed by atoms with E-state index < -0.39 is 10.0 Å². The SMILES string of the molecule is CC[C@@H](C)NC(=O)CN(c1ccc(C)cc1)S(=O)(=O)c1ccc(C)cc1. The fraction of sp³-hybridized carbons (Fsp3) is 0.350. The van der Waals surface area contributed by atoms with E-state index in [0.29, 0.717) is 5.69 Å². The number of nitrogens with zero attached hydrogens (tertiary/aromatic N) is 1. The minimum absolute atomic E-state index is 0.00977. The Morgan fingerprint density at radius 3 is 2.00 bits per heavy atom. The molecular formula is C20H26N2O3S. The Balaban J connectivity index is 2.40. The summed E-state index contributed by atoms with van der Waals surface area (Å²) < 4.78 is 27.5. The molecule has 0 aliphatic heterocycles. The van der Waals surface area contributed by atoms with Gasteiger partial charge in [-0.15, -0.1) is 0 Å². The number of benzene rings is 2. The molecule has 1 amide bonds. The topological polar surface area (TPSA) is 66.5 Å². The van der Waals surface area contributed by atoms with E-state index in [-0.39, 0.29) is 23.4 Å². The van der Waals surface area contributed by atoms with Crippen LogP contribution in [-0.4, -0.2) is 26.9 Å². The van der Waals surface area contributed by atoms with Crippen LogP contribution in [0, 0.1) is 13.8 Å². The van der Waals surface area contributed by atoms with Gasteiger partial charge in [-0.05, 0) is 51.5 Å². The molecule has 5 nitrogen and oxygen atoms in total. The monoisotopic (exact) mass is 374 g/mol. The molecule has 0 aliphatic carbocycles. The Hall–Kier alpha value is -2.34. The molecule has 1 atom stereocenters. The third-order valence-electron chi connectivity index (χ3n) is 4.24. The van der Waals surface area contributed by atoms with E-state index in [2.05, 4.69) is 5.32 Å². The number of aryl methyl sites for hydroxylation is 2. The van der Waals surface area contributed by atoms with Crippen molar-refractivity contribution in [2.75, 3.05) is 10.8 Å². The van der Waals surface area contributed by atoms with E-state index in [1.54, 1.807) is 36.4 Å². The quantitative estimate of drug-likeness (QED) is 0.808. The van der Waals surface area contributed by atoms with E-state index in [1.807, 2.05) is 39.8 Å². The number of carbonyl (C=O) groups excluding carboxylic acids is 1. The Labute approximate surface area is 156 Å². The lowest BCUT2D eigenvalue weighted by Gasteiger charge is -2.25. The highest BCUT2D eigenvalue weighted by molar-refractivity contribution is 7.92. The Kier molecular flexibility index (Phi) is 6.42. The van der Waals surface area contributed by atoms with Crippen LogP contribution in [0.3, 0.4) is 0 Å². The van der Waals surface area contributed by atoms with Gasteiger partial charge < -0.3 is 5.32 Å². The van der Waals surface area contributed by atoms with Crippen molar-refractivity contribution in [3.8, 4) is 0 Å². The average molecular weight is 375 g/mol. The van der Waals surface area contributed by atoms with Gasteiger partial charge in [0.05, 0.1) is 10.6 Å². The molecule has 0 radical (unpaired) electrons. The van der Waals surface area contributed by atoms with E-state index in [4.69, 9.17) is 0 Å². The van der Waals surface area contributed by atoms with Crippen LogP contribution < -0.4 is 9.62 Å². The summed E-state index contributed by atoms with van der Waals surface area (Å²) in [7, 11) is -3.85. The summed E-state index contributed by atoms with van der Waals surface area (Å²) in [6.07, 6.45) is 0.779. The number of nitrogens with one attached hydrogen (secondary N) is 1. The molecule has 0 spiro atoms. The van der Waals surface area contributed by atoms with Crippen LogP contribution >= 0.6 is 0 Å². The smallest absolute Gasteiger partial charge is 0.264 e. The van der Waals surface area contributed by atoms with Crippen molar-refractivity contribution in [3.05, 3.63) is 59.7 Å². The van der Waals surface area contributed by atoms with Gasteiger partial charge >= 0.3 is 0 Å². The van der Waals surface area contributed by atoms with Crippen molar-refractivity contribution >= 4 is 21.6 Å². The summed E-state index contributed by atoms with van der Waals surface area (Å²) in [4.78, 5) is 12.5. The maximum atomic E-state index is 13.2. The largest absolute Gasteiger partial charge is 0.352 e. The maximum absolute atomic E-state index is 13.2. The molecule has 1 N–H and O–H groups in total. The van der Waals surface area contributed by atoms with Crippen LogP contribution in [0.5, 0.6) is 0 Å². The minimum Gasteiger partial charge on any atom is -0.352 e. The second kappa shape index (κ2) is 8.36. The van der Waals surface area contributed by atoms with Crippen molar-refractivity contribution in [2.24, 2.45) is 0 Å². The second-order valence-corrected chi connectivity index (χ2v) is 8.40. The first kappa shape index (κ1) is 20.0. The lowest BCUT2D eigenvalue weighted by atomic mass is 10.2. The molecule has 2 rings (SSSR count). The van der Waals surface area contributed by atoms with E-state index >= 15 is 0 Å². The van der Waals surface area contributed by atoms with Crippen molar-refractivity contribution in [2.45, 2.75) is 45.1 Å². The van der Waals surface area contributed by atoms with Gasteiger partial charge in [-0.2, -0.15) is 0 Å². The van der Waals surface area contributed by atoms with Gasteiger partial charge in [-0.25, -0.2) is 8.42 Å². The van der Waals surface area contributed by atoms with Crippen molar-refractivity contribution in [1.29, 1.82) is 0 Å². The molecule has 0 saturated heterocycles. The molecule has 0 aliphatic rings. The Morgan fingerprint density at radius 2 is 1.50 bits per heavy atom. The van der Waals surface area contributed by atoms with Gasteiger partial charge in [0.25, 0.3) is 10.0 Å². The molecule has 2 aromatic carbocycles. The molecule has 0 fully saturated rings. The van der Waals surface area contributed by atoms with Gasteiger partial charge in [0, 0.05) is 6.04 Å². The molecule has 2 aromatic rings. The van der Waals surface area contributed by atoms with Crippen molar-refractivity contribution in [3.63, 3.8) is 0 Å². The third-order valence-corrected chi connectivity index (χ3v) is 6.03. The number of anilines is 1. The number of hydrogen-bond acceptors (Lipinski definition) is 3. The lowest BCUT2D eigenvalue weighted by Crippen LogP contribution is -2.43. The van der Waals surface area contributed by atoms with Crippen LogP contribution in [0.15, 0.2) is 53.4 Å². The highest BCUT2D eigenvalue weighted by Crippen LogP contribution is 2.24. The zero-order valence-corrected chi connectivity index (χ0v) is 16.5. The number of sulfonamides is 1. The summed E-state index contributed by atoms with van der Waals surface area (Å²) in [5.74, 6) is -0.324. The van der Waals surface area contributed by atoms with Crippen molar-refractivity contribution in [1.82, 2.24) is 5.32 Å². The fourth-order valence-electron chi connectivity index (χ4n) is 2.42. The molecule has 0 bridgehead atoms. The number of amides is 1. The van der Waals surface area contributed by atoms with Gasteiger partial charge in [-0.1, -0.05) is 42.3 Å². The first-order valence-corrected chi connectivity index (χ1v) is 10.1. The number of rotatable bonds is 7. The highest BCUT2D eigenvalue weighted by Gasteiger charge is 2.27. The Bertz CT molecular complexity index is 844. The van der Waals surface area contributed by atoms with Crippen LogP contribution in [-0.2, 0) is 14.8 Å². The van der Waals surface area contributed by atoms with E-state index in [1.165, 1.54) is 0 Å². The highest BCUT2D eigenvalue weighted by atomic mass is 32.2. The molecule has 0 saturated carbocycles. The predicted molar refractivity (Wildman–Crippen MR) is 105 cm³/mol. The number of hydrogen-bond donors (Lipinski definition) is 1. The molecule has 140 valence electrons.